The van der Waals surface area contributed by atoms with E-state index in [4.69, 9.17) is 5.73 Å². The number of likely N-dealkylation sites (tertiary alicyclic amines) is 1. The second-order valence-electron chi connectivity index (χ2n) is 4.96. The number of nitrogens with one attached hydrogen (secondary N) is 1. The highest BCUT2D eigenvalue weighted by Crippen LogP contribution is 2.19. The number of rotatable bonds is 4. The summed E-state index contributed by atoms with van der Waals surface area (Å²) in [5, 5.41) is 2.76. The van der Waals surface area contributed by atoms with Gasteiger partial charge in [-0.05, 0) is 37.1 Å². The Morgan fingerprint density at radius 2 is 2.42 bits per heavy atom. The number of nitrogens with two attached hydrogens (primary N) is 1. The first-order valence-electron chi connectivity index (χ1n) is 6.84. The number of hydrogen-bond acceptors (Lipinski definition) is 4. The second kappa shape index (κ2) is 6.63. The minimum Gasteiger partial charge on any atom is -0.358 e. The van der Waals surface area contributed by atoms with E-state index in [1.165, 1.54) is 5.56 Å². The molecule has 0 aliphatic carbocycles. The first-order valence-corrected chi connectivity index (χ1v) is 6.84. The molecule has 2 heterocycles. The van der Waals surface area contributed by atoms with Crippen LogP contribution in [0.15, 0.2) is 18.3 Å². The monoisotopic (exact) mass is 262 g/mol. The van der Waals surface area contributed by atoms with Gasteiger partial charge >= 0.3 is 0 Å². The Labute approximate surface area is 114 Å². The summed E-state index contributed by atoms with van der Waals surface area (Å²) < 4.78 is 0. The Morgan fingerprint density at radius 3 is 3.16 bits per heavy atom. The molecule has 0 saturated carbocycles. The van der Waals surface area contributed by atoms with Crippen LogP contribution in [0.3, 0.4) is 0 Å². The van der Waals surface area contributed by atoms with Crippen molar-refractivity contribution in [2.45, 2.75) is 38.4 Å². The highest BCUT2D eigenvalue weighted by atomic mass is 16.2. The molecule has 0 spiro atoms. The maximum atomic E-state index is 11.9. The predicted octanol–water partition coefficient (Wildman–Crippen LogP) is 0.641. The molecule has 5 heteroatoms. The zero-order chi connectivity index (χ0) is 13.7. The maximum absolute atomic E-state index is 11.9. The molecule has 1 amide bonds. The molecule has 1 aromatic rings. The van der Waals surface area contributed by atoms with Crippen molar-refractivity contribution >= 4 is 5.91 Å². The summed E-state index contributed by atoms with van der Waals surface area (Å²) in [5.41, 5.74) is 7.68. The van der Waals surface area contributed by atoms with Crippen LogP contribution in [0.25, 0.3) is 0 Å². The van der Waals surface area contributed by atoms with Gasteiger partial charge in [-0.3, -0.25) is 14.7 Å². The third kappa shape index (κ3) is 3.52. The van der Waals surface area contributed by atoms with E-state index in [1.807, 2.05) is 12.1 Å². The van der Waals surface area contributed by atoms with E-state index in [9.17, 15) is 4.79 Å². The molecule has 0 radical (unpaired) electrons. The fraction of sp³-hybridized carbons (Fsp3) is 0.571. The Kier molecular flexibility index (Phi) is 4.87. The molecule has 1 aromatic heterocycles. The number of piperidine rings is 1. The van der Waals surface area contributed by atoms with Crippen LogP contribution < -0.4 is 11.1 Å². The van der Waals surface area contributed by atoms with Crippen molar-refractivity contribution < 1.29 is 4.79 Å². The van der Waals surface area contributed by atoms with E-state index < -0.39 is 0 Å². The zero-order valence-corrected chi connectivity index (χ0v) is 11.4. The molecule has 0 aromatic carbocycles. The van der Waals surface area contributed by atoms with Gasteiger partial charge in [0, 0.05) is 26.3 Å². The number of carbonyl (C=O) groups excluding carboxylic acids is 1. The van der Waals surface area contributed by atoms with Crippen LogP contribution in [-0.4, -0.2) is 35.4 Å². The van der Waals surface area contributed by atoms with Crippen LogP contribution in [0.1, 0.15) is 30.5 Å². The van der Waals surface area contributed by atoms with Gasteiger partial charge in [-0.2, -0.15) is 0 Å². The normalized spacial score (nSPS) is 20.2. The summed E-state index contributed by atoms with van der Waals surface area (Å²) in [5.74, 6) is 0.118. The molecule has 3 N–H and O–H groups in total. The Bertz CT molecular complexity index is 435. The van der Waals surface area contributed by atoms with Gasteiger partial charge in [-0.25, -0.2) is 0 Å². The standard InChI is InChI=1S/C14H22N4O/c1-16-14(19)13-4-2-3-7-18(13)10-11-5-6-17-12(8-11)9-15/h5-6,8,13H,2-4,7,9-10,15H2,1H3,(H,16,19). The number of hydrogen-bond donors (Lipinski definition) is 2. The molecular weight excluding hydrogens is 240 g/mol. The van der Waals surface area contributed by atoms with Gasteiger partial charge in [-0.1, -0.05) is 6.42 Å². The summed E-state index contributed by atoms with van der Waals surface area (Å²) in [4.78, 5) is 18.4. The zero-order valence-electron chi connectivity index (χ0n) is 11.4. The van der Waals surface area contributed by atoms with E-state index >= 15 is 0 Å². The largest absolute Gasteiger partial charge is 0.358 e. The highest BCUT2D eigenvalue weighted by molar-refractivity contribution is 5.81. The molecule has 0 bridgehead atoms. The first-order chi connectivity index (χ1) is 9.24. The van der Waals surface area contributed by atoms with E-state index in [0.29, 0.717) is 6.54 Å². The number of nitrogens with zero attached hydrogens (tertiary/aromatic N) is 2. The van der Waals surface area contributed by atoms with Gasteiger partial charge < -0.3 is 11.1 Å². The van der Waals surface area contributed by atoms with Gasteiger partial charge in [0.1, 0.15) is 0 Å². The fourth-order valence-corrected chi connectivity index (χ4v) is 2.62. The van der Waals surface area contributed by atoms with Crippen molar-refractivity contribution in [3.63, 3.8) is 0 Å². The SMILES string of the molecule is CNC(=O)C1CCCCN1Cc1ccnc(CN)c1. The lowest BCUT2D eigenvalue weighted by molar-refractivity contribution is -0.127. The molecule has 2 rings (SSSR count). The summed E-state index contributed by atoms with van der Waals surface area (Å²) in [6, 6.07) is 4.01. The number of aromatic nitrogens is 1. The van der Waals surface area contributed by atoms with Crippen LogP contribution in [0.4, 0.5) is 0 Å². The first kappa shape index (κ1) is 14.0. The summed E-state index contributed by atoms with van der Waals surface area (Å²) in [7, 11) is 1.70. The molecule has 5 nitrogen and oxygen atoms in total. The molecular formula is C14H22N4O. The number of amides is 1. The van der Waals surface area contributed by atoms with Crippen molar-refractivity contribution in [2.75, 3.05) is 13.6 Å². The van der Waals surface area contributed by atoms with E-state index in [-0.39, 0.29) is 11.9 Å². The Morgan fingerprint density at radius 1 is 1.58 bits per heavy atom. The maximum Gasteiger partial charge on any atom is 0.237 e. The van der Waals surface area contributed by atoms with Crippen LogP contribution in [0.2, 0.25) is 0 Å². The van der Waals surface area contributed by atoms with Gasteiger partial charge in [0.15, 0.2) is 0 Å². The van der Waals surface area contributed by atoms with E-state index in [1.54, 1.807) is 13.2 Å². The summed E-state index contributed by atoms with van der Waals surface area (Å²) in [6.07, 6.45) is 5.01. The van der Waals surface area contributed by atoms with Crippen LogP contribution in [-0.2, 0) is 17.9 Å². The average Bonchev–Trinajstić information content (AvgIpc) is 2.47. The predicted molar refractivity (Wildman–Crippen MR) is 74.2 cm³/mol. The lowest BCUT2D eigenvalue weighted by Crippen LogP contribution is -2.48. The average molecular weight is 262 g/mol. The van der Waals surface area contributed by atoms with Crippen LogP contribution >= 0.6 is 0 Å². The summed E-state index contributed by atoms with van der Waals surface area (Å²) in [6.45, 7) is 2.21. The van der Waals surface area contributed by atoms with Crippen molar-refractivity contribution in [2.24, 2.45) is 5.73 Å². The molecule has 1 aliphatic rings. The van der Waals surface area contributed by atoms with Gasteiger partial charge in [0.05, 0.1) is 11.7 Å². The van der Waals surface area contributed by atoms with E-state index in [2.05, 4.69) is 15.2 Å². The Hall–Kier alpha value is -1.46. The van der Waals surface area contributed by atoms with Crippen molar-refractivity contribution in [1.82, 2.24) is 15.2 Å². The highest BCUT2D eigenvalue weighted by Gasteiger charge is 2.27. The molecule has 19 heavy (non-hydrogen) atoms. The molecule has 104 valence electrons. The van der Waals surface area contributed by atoms with Crippen LogP contribution in [0.5, 0.6) is 0 Å². The summed E-state index contributed by atoms with van der Waals surface area (Å²) >= 11 is 0. The molecule has 1 aliphatic heterocycles. The van der Waals surface area contributed by atoms with Crippen molar-refractivity contribution in [3.05, 3.63) is 29.6 Å². The number of carbonyl (C=O) groups is 1. The minimum atomic E-state index is -0.00626. The second-order valence-corrected chi connectivity index (χ2v) is 4.96. The smallest absolute Gasteiger partial charge is 0.237 e. The molecule has 1 atom stereocenters. The van der Waals surface area contributed by atoms with Gasteiger partial charge in [-0.15, -0.1) is 0 Å². The van der Waals surface area contributed by atoms with Crippen molar-refractivity contribution in [3.8, 4) is 0 Å². The third-order valence-corrected chi connectivity index (χ3v) is 3.64. The lowest BCUT2D eigenvalue weighted by Gasteiger charge is -2.34. The lowest BCUT2D eigenvalue weighted by atomic mass is 10.0. The third-order valence-electron chi connectivity index (χ3n) is 3.64. The quantitative estimate of drug-likeness (QED) is 0.835. The topological polar surface area (TPSA) is 71.2 Å². The van der Waals surface area contributed by atoms with E-state index in [0.717, 1.165) is 38.0 Å². The number of likely N-dealkylation sites (N-methyl/N-ethyl adjacent to an activating group) is 1. The van der Waals surface area contributed by atoms with Gasteiger partial charge in [0.2, 0.25) is 5.91 Å². The fourth-order valence-electron chi connectivity index (χ4n) is 2.62. The van der Waals surface area contributed by atoms with Gasteiger partial charge in [0.25, 0.3) is 0 Å². The molecule has 1 unspecified atom stereocenters. The minimum absolute atomic E-state index is 0.00626. The van der Waals surface area contributed by atoms with Crippen LogP contribution in [0, 0.1) is 0 Å². The molecule has 1 saturated heterocycles. The molecule has 1 fully saturated rings. The number of pyridine rings is 1. The Balaban J connectivity index is 2.08. The van der Waals surface area contributed by atoms with Crippen molar-refractivity contribution in [1.29, 1.82) is 0 Å².